The van der Waals surface area contributed by atoms with Gasteiger partial charge >= 0.3 is 5.78 Å². The van der Waals surface area contributed by atoms with Crippen molar-refractivity contribution in [2.24, 2.45) is 0 Å². The molecule has 0 aliphatic carbocycles. The Morgan fingerprint density at radius 3 is 2.21 bits per heavy atom. The summed E-state index contributed by atoms with van der Waals surface area (Å²) in [4.78, 5) is 13.5. The first kappa shape index (κ1) is 22.5. The second-order valence-corrected chi connectivity index (χ2v) is 6.62. The van der Waals surface area contributed by atoms with Crippen molar-refractivity contribution >= 4 is 27.5 Å². The number of hydrogen-bond donors (Lipinski definition) is 1. The van der Waals surface area contributed by atoms with Crippen molar-refractivity contribution in [3.63, 3.8) is 0 Å². The Bertz CT molecular complexity index is 1160. The minimum atomic E-state index is 0. The Labute approximate surface area is 184 Å². The number of aliphatic hydroxyl groups is 1. The second kappa shape index (κ2) is 10.1. The van der Waals surface area contributed by atoms with E-state index in [9.17, 15) is 0 Å². The van der Waals surface area contributed by atoms with Crippen molar-refractivity contribution in [1.29, 1.82) is 0 Å². The maximum absolute atomic E-state index is 8.69. The van der Waals surface area contributed by atoms with Crippen LogP contribution >= 0.6 is 0 Å². The standard InChI is InChI=1S/C19H12N.C6H10O2.Ir/c1-2-7-15(8-3-1)18-13-11-17-16-9-5-4-6-14(16)10-12-19(17)20-18;1-4(5(2)7)6(3)8;/h1-7,9-13H;7H,1-3H3;/q-1;;/p+1/b;5-4-;. The summed E-state index contributed by atoms with van der Waals surface area (Å²) < 4.78 is 0. The van der Waals surface area contributed by atoms with Crippen LogP contribution in [0.3, 0.4) is 0 Å². The summed E-state index contributed by atoms with van der Waals surface area (Å²) >= 11 is 0. The molecule has 1 radical (unpaired) electrons. The molecule has 0 aliphatic rings. The molecule has 3 nitrogen and oxygen atoms in total. The van der Waals surface area contributed by atoms with E-state index in [0.29, 0.717) is 5.57 Å². The van der Waals surface area contributed by atoms with Gasteiger partial charge in [-0.25, -0.2) is 0 Å². The summed E-state index contributed by atoms with van der Waals surface area (Å²) in [6, 6.07) is 28.0. The van der Waals surface area contributed by atoms with Crippen molar-refractivity contribution in [3.8, 4) is 11.3 Å². The van der Waals surface area contributed by atoms with Crippen molar-refractivity contribution in [2.75, 3.05) is 0 Å². The number of aliphatic hydroxyl groups excluding tert-OH is 1. The number of nitrogens with zero attached hydrogens (tertiary/aromatic N) is 1. The summed E-state index contributed by atoms with van der Waals surface area (Å²) in [7, 11) is 0. The predicted octanol–water partition coefficient (Wildman–Crippen LogP) is 6.26. The molecule has 4 heteroatoms. The average molecular weight is 562 g/mol. The third-order valence-corrected chi connectivity index (χ3v) is 4.67. The molecule has 0 aliphatic heterocycles. The number of rotatable bonds is 2. The Balaban J connectivity index is 0.000000289. The fourth-order valence-electron chi connectivity index (χ4n) is 2.85. The Kier molecular flexibility index (Phi) is 7.83. The van der Waals surface area contributed by atoms with Crippen LogP contribution in [-0.2, 0) is 20.1 Å². The van der Waals surface area contributed by atoms with Gasteiger partial charge in [-0.05, 0) is 36.4 Å². The number of pyridine rings is 1. The zero-order chi connectivity index (χ0) is 20.1. The van der Waals surface area contributed by atoms with Crippen molar-refractivity contribution in [2.45, 2.75) is 20.8 Å². The van der Waals surface area contributed by atoms with E-state index in [2.05, 4.69) is 54.6 Å². The number of allylic oxidation sites excluding steroid dienone is 2. The van der Waals surface area contributed by atoms with Gasteiger partial charge in [0.05, 0.1) is 18.0 Å². The molecule has 0 saturated heterocycles. The smallest absolute Gasteiger partial charge is 0.319 e. The van der Waals surface area contributed by atoms with Crippen LogP contribution < -0.4 is 0 Å². The van der Waals surface area contributed by atoms with Crippen LogP contribution in [0.15, 0.2) is 84.1 Å². The molecule has 0 unspecified atom stereocenters. The SMILES string of the molecule is CC(=[OH+])/C(C)=C(/C)O.[Ir].[c-]1ccccc1-c1ccc2c(ccc3ccccc32)n1. The Morgan fingerprint density at radius 1 is 0.862 bits per heavy atom. The summed E-state index contributed by atoms with van der Waals surface area (Å²) in [6.07, 6.45) is 0. The fraction of sp³-hybridized carbons (Fsp3) is 0.120. The molecule has 149 valence electrons. The zero-order valence-corrected chi connectivity index (χ0v) is 19.0. The Hall–Kier alpha value is -2.81. The van der Waals surface area contributed by atoms with Gasteiger partial charge in [0, 0.05) is 25.5 Å². The number of benzene rings is 3. The molecule has 3 aromatic carbocycles. The molecule has 4 rings (SSSR count). The first-order valence-electron chi connectivity index (χ1n) is 9.12. The molecule has 0 spiro atoms. The van der Waals surface area contributed by atoms with Gasteiger partial charge in [-0.3, -0.25) is 9.78 Å². The van der Waals surface area contributed by atoms with Crippen molar-refractivity contribution in [1.82, 2.24) is 4.98 Å². The van der Waals surface area contributed by atoms with E-state index in [4.69, 9.17) is 14.9 Å². The van der Waals surface area contributed by atoms with Crippen LogP contribution in [0.5, 0.6) is 0 Å². The molecule has 0 bridgehead atoms. The average Bonchev–Trinajstić information content (AvgIpc) is 2.73. The van der Waals surface area contributed by atoms with Crippen LogP contribution in [0.1, 0.15) is 20.8 Å². The third kappa shape index (κ3) is 5.38. The molecule has 29 heavy (non-hydrogen) atoms. The number of carbonyl (C=O) groups excluding carboxylic acids is 1. The summed E-state index contributed by atoms with van der Waals surface area (Å²) in [5.74, 6) is 0.343. The van der Waals surface area contributed by atoms with E-state index < -0.39 is 0 Å². The molecule has 4 aromatic rings. The maximum atomic E-state index is 8.69. The van der Waals surface area contributed by atoms with Gasteiger partial charge in [-0.15, -0.1) is 35.9 Å². The molecule has 0 saturated carbocycles. The summed E-state index contributed by atoms with van der Waals surface area (Å²) in [5.41, 5.74) is 3.57. The van der Waals surface area contributed by atoms with E-state index in [1.165, 1.54) is 30.0 Å². The molecule has 0 fully saturated rings. The monoisotopic (exact) mass is 562 g/mol. The minimum Gasteiger partial charge on any atom is -0.512 e. The van der Waals surface area contributed by atoms with Gasteiger partial charge in [0.1, 0.15) is 5.76 Å². The minimum absolute atomic E-state index is 0. The first-order chi connectivity index (χ1) is 13.5. The molecular weight excluding hydrogens is 538 g/mol. The molecule has 0 amide bonds. The number of hydrogen-bond acceptors (Lipinski definition) is 2. The predicted molar refractivity (Wildman–Crippen MR) is 117 cm³/mol. The topological polar surface area (TPSA) is 54.5 Å². The third-order valence-electron chi connectivity index (χ3n) is 4.67. The van der Waals surface area contributed by atoms with Crippen LogP contribution in [-0.4, -0.2) is 20.7 Å². The van der Waals surface area contributed by atoms with Gasteiger partial charge in [0.15, 0.2) is 0 Å². The zero-order valence-electron chi connectivity index (χ0n) is 16.6. The molecule has 1 heterocycles. The number of ketones is 1. The van der Waals surface area contributed by atoms with Gasteiger partial charge < -0.3 is 5.11 Å². The fourth-order valence-corrected chi connectivity index (χ4v) is 2.85. The Morgan fingerprint density at radius 2 is 1.59 bits per heavy atom. The van der Waals surface area contributed by atoms with Gasteiger partial charge in [-0.2, -0.15) is 0 Å². The molecule has 2 N–H and O–H groups in total. The summed E-state index contributed by atoms with van der Waals surface area (Å²) in [5, 5.41) is 12.4. The maximum Gasteiger partial charge on any atom is 0.319 e. The van der Waals surface area contributed by atoms with Gasteiger partial charge in [0.2, 0.25) is 0 Å². The van der Waals surface area contributed by atoms with Gasteiger partial charge in [0.25, 0.3) is 0 Å². The number of fused-ring (bicyclic) bond motifs is 3. The second-order valence-electron chi connectivity index (χ2n) is 6.62. The van der Waals surface area contributed by atoms with Crippen molar-refractivity contribution < 1.29 is 30.0 Å². The number of aromatic nitrogens is 1. The van der Waals surface area contributed by atoms with E-state index in [1.54, 1.807) is 6.92 Å². The van der Waals surface area contributed by atoms with Crippen LogP contribution in [0.25, 0.3) is 32.9 Å². The van der Waals surface area contributed by atoms with Crippen LogP contribution in [0.4, 0.5) is 0 Å². The van der Waals surface area contributed by atoms with E-state index in [1.807, 2.05) is 24.3 Å². The molecule has 0 atom stereocenters. The first-order valence-corrected chi connectivity index (χ1v) is 9.12. The summed E-state index contributed by atoms with van der Waals surface area (Å²) in [6.45, 7) is 4.73. The quantitative estimate of drug-likeness (QED) is 0.103. The van der Waals surface area contributed by atoms with Crippen LogP contribution in [0.2, 0.25) is 0 Å². The molecular formula is C25H23IrNO2. The van der Waals surface area contributed by atoms with Gasteiger partial charge in [-0.1, -0.05) is 42.5 Å². The van der Waals surface area contributed by atoms with E-state index in [0.717, 1.165) is 16.8 Å². The molecule has 1 aromatic heterocycles. The van der Waals surface area contributed by atoms with Crippen LogP contribution in [0, 0.1) is 6.07 Å². The largest absolute Gasteiger partial charge is 0.512 e. The van der Waals surface area contributed by atoms with E-state index >= 15 is 0 Å². The van der Waals surface area contributed by atoms with E-state index in [-0.39, 0.29) is 31.6 Å². The van der Waals surface area contributed by atoms with Crippen molar-refractivity contribution in [3.05, 3.63) is 90.2 Å². The normalized spacial score (nSPS) is 11.1.